The molecule has 2 nitrogen and oxygen atoms in total. The monoisotopic (exact) mass is 311 g/mol. The molecule has 1 saturated carbocycles. The highest BCUT2D eigenvalue weighted by Crippen LogP contribution is 2.25. The maximum atomic E-state index is 5.50. The van der Waals surface area contributed by atoms with Gasteiger partial charge in [-0.25, -0.2) is 0 Å². The molecule has 18 heavy (non-hydrogen) atoms. The molecule has 2 rings (SSSR count). The second-order valence-electron chi connectivity index (χ2n) is 4.92. The SMILES string of the molecule is CCOCCC(CNC1CC1)c1cccc(Br)c1. The predicted octanol–water partition coefficient (Wildman–Crippen LogP) is 3.71. The van der Waals surface area contributed by atoms with E-state index >= 15 is 0 Å². The highest BCUT2D eigenvalue weighted by atomic mass is 79.9. The summed E-state index contributed by atoms with van der Waals surface area (Å²) in [6.07, 6.45) is 3.78. The molecular formula is C15H22BrNO. The molecule has 1 N–H and O–H groups in total. The van der Waals surface area contributed by atoms with Gasteiger partial charge in [-0.15, -0.1) is 0 Å². The Morgan fingerprint density at radius 3 is 2.94 bits per heavy atom. The highest BCUT2D eigenvalue weighted by molar-refractivity contribution is 9.10. The molecule has 0 bridgehead atoms. The molecule has 1 unspecified atom stereocenters. The van der Waals surface area contributed by atoms with Crippen molar-refractivity contribution < 1.29 is 4.74 Å². The van der Waals surface area contributed by atoms with Gasteiger partial charge in [-0.1, -0.05) is 28.1 Å². The van der Waals surface area contributed by atoms with Crippen LogP contribution in [0.2, 0.25) is 0 Å². The lowest BCUT2D eigenvalue weighted by atomic mass is 9.96. The van der Waals surface area contributed by atoms with Crippen LogP contribution in [-0.2, 0) is 4.74 Å². The molecule has 0 amide bonds. The molecule has 3 heteroatoms. The van der Waals surface area contributed by atoms with Gasteiger partial charge in [0.25, 0.3) is 0 Å². The number of halogens is 1. The molecule has 1 aliphatic carbocycles. The summed E-state index contributed by atoms with van der Waals surface area (Å²) in [6.45, 7) is 4.77. The average molecular weight is 312 g/mol. The topological polar surface area (TPSA) is 21.3 Å². The summed E-state index contributed by atoms with van der Waals surface area (Å²) >= 11 is 3.55. The standard InChI is InChI=1S/C15H22BrNO/c1-2-18-9-8-13(11-17-15-6-7-15)12-4-3-5-14(16)10-12/h3-5,10,13,15,17H,2,6-9,11H2,1H3. The smallest absolute Gasteiger partial charge is 0.0472 e. The Morgan fingerprint density at radius 1 is 1.44 bits per heavy atom. The zero-order valence-corrected chi connectivity index (χ0v) is 12.6. The van der Waals surface area contributed by atoms with Gasteiger partial charge < -0.3 is 10.1 Å². The van der Waals surface area contributed by atoms with Gasteiger partial charge in [0.2, 0.25) is 0 Å². The van der Waals surface area contributed by atoms with Crippen LogP contribution in [0.3, 0.4) is 0 Å². The lowest BCUT2D eigenvalue weighted by Crippen LogP contribution is -2.24. The van der Waals surface area contributed by atoms with Crippen LogP contribution >= 0.6 is 15.9 Å². The molecule has 1 atom stereocenters. The third-order valence-electron chi connectivity index (χ3n) is 3.37. The van der Waals surface area contributed by atoms with Crippen molar-refractivity contribution in [3.05, 3.63) is 34.3 Å². The van der Waals surface area contributed by atoms with Crippen LogP contribution in [0.5, 0.6) is 0 Å². The Kier molecular flexibility index (Phi) is 5.67. The van der Waals surface area contributed by atoms with Gasteiger partial charge >= 0.3 is 0 Å². The van der Waals surface area contributed by atoms with Crippen LogP contribution in [-0.4, -0.2) is 25.8 Å². The van der Waals surface area contributed by atoms with Crippen molar-refractivity contribution in [2.45, 2.75) is 38.1 Å². The van der Waals surface area contributed by atoms with Gasteiger partial charge in [0, 0.05) is 30.3 Å². The number of ether oxygens (including phenoxy) is 1. The van der Waals surface area contributed by atoms with Crippen LogP contribution in [0.4, 0.5) is 0 Å². The van der Waals surface area contributed by atoms with Crippen molar-refractivity contribution in [3.8, 4) is 0 Å². The van der Waals surface area contributed by atoms with E-state index in [1.54, 1.807) is 0 Å². The predicted molar refractivity (Wildman–Crippen MR) is 79.0 cm³/mol. The first-order valence-corrected chi connectivity index (χ1v) is 7.65. The molecule has 0 aromatic heterocycles. The fourth-order valence-electron chi connectivity index (χ4n) is 2.11. The first kappa shape index (κ1) is 14.0. The molecule has 0 spiro atoms. The molecule has 1 aromatic carbocycles. The Morgan fingerprint density at radius 2 is 2.28 bits per heavy atom. The number of rotatable bonds is 8. The summed E-state index contributed by atoms with van der Waals surface area (Å²) in [7, 11) is 0. The summed E-state index contributed by atoms with van der Waals surface area (Å²) in [5, 5.41) is 3.63. The minimum absolute atomic E-state index is 0.551. The summed E-state index contributed by atoms with van der Waals surface area (Å²) < 4.78 is 6.66. The van der Waals surface area contributed by atoms with Gasteiger partial charge in [0.05, 0.1) is 0 Å². The van der Waals surface area contributed by atoms with E-state index in [4.69, 9.17) is 4.74 Å². The second kappa shape index (κ2) is 7.27. The summed E-state index contributed by atoms with van der Waals surface area (Å²) in [4.78, 5) is 0. The maximum absolute atomic E-state index is 5.50. The Labute approximate surface area is 118 Å². The van der Waals surface area contributed by atoms with E-state index in [1.807, 2.05) is 0 Å². The molecule has 0 aliphatic heterocycles. The van der Waals surface area contributed by atoms with Gasteiger partial charge in [-0.05, 0) is 49.8 Å². The van der Waals surface area contributed by atoms with Crippen molar-refractivity contribution in [2.75, 3.05) is 19.8 Å². The number of benzene rings is 1. The second-order valence-corrected chi connectivity index (χ2v) is 5.84. The minimum atomic E-state index is 0.551. The van der Waals surface area contributed by atoms with Crippen LogP contribution in [0.15, 0.2) is 28.7 Å². The Hall–Kier alpha value is -0.380. The number of hydrogen-bond acceptors (Lipinski definition) is 2. The van der Waals surface area contributed by atoms with Crippen LogP contribution in [0, 0.1) is 0 Å². The van der Waals surface area contributed by atoms with E-state index < -0.39 is 0 Å². The quantitative estimate of drug-likeness (QED) is 0.739. The number of nitrogens with one attached hydrogen (secondary N) is 1. The van der Waals surface area contributed by atoms with E-state index in [2.05, 4.69) is 52.4 Å². The fraction of sp³-hybridized carbons (Fsp3) is 0.600. The lowest BCUT2D eigenvalue weighted by molar-refractivity contribution is 0.139. The molecule has 0 radical (unpaired) electrons. The Balaban J connectivity index is 1.92. The molecule has 1 aromatic rings. The van der Waals surface area contributed by atoms with Crippen molar-refractivity contribution in [3.63, 3.8) is 0 Å². The van der Waals surface area contributed by atoms with E-state index in [1.165, 1.54) is 18.4 Å². The molecule has 0 heterocycles. The van der Waals surface area contributed by atoms with Gasteiger partial charge in [0.1, 0.15) is 0 Å². The molecule has 1 fully saturated rings. The minimum Gasteiger partial charge on any atom is -0.382 e. The molecule has 0 saturated heterocycles. The largest absolute Gasteiger partial charge is 0.382 e. The lowest BCUT2D eigenvalue weighted by Gasteiger charge is -2.18. The maximum Gasteiger partial charge on any atom is 0.0472 e. The van der Waals surface area contributed by atoms with Crippen molar-refractivity contribution >= 4 is 15.9 Å². The van der Waals surface area contributed by atoms with E-state index in [-0.39, 0.29) is 0 Å². The third kappa shape index (κ3) is 4.71. The first-order chi connectivity index (χ1) is 8.79. The van der Waals surface area contributed by atoms with Crippen molar-refractivity contribution in [2.24, 2.45) is 0 Å². The summed E-state index contributed by atoms with van der Waals surface area (Å²) in [5.74, 6) is 0.551. The van der Waals surface area contributed by atoms with E-state index in [0.717, 1.165) is 36.7 Å². The van der Waals surface area contributed by atoms with Gasteiger partial charge in [-0.2, -0.15) is 0 Å². The summed E-state index contributed by atoms with van der Waals surface area (Å²) in [5.41, 5.74) is 1.40. The van der Waals surface area contributed by atoms with Crippen LogP contribution in [0.25, 0.3) is 0 Å². The van der Waals surface area contributed by atoms with Crippen molar-refractivity contribution in [1.29, 1.82) is 0 Å². The first-order valence-electron chi connectivity index (χ1n) is 6.86. The fourth-order valence-corrected chi connectivity index (χ4v) is 2.53. The number of hydrogen-bond donors (Lipinski definition) is 1. The van der Waals surface area contributed by atoms with E-state index in [9.17, 15) is 0 Å². The average Bonchev–Trinajstić information content (AvgIpc) is 3.17. The van der Waals surface area contributed by atoms with Gasteiger partial charge in [-0.3, -0.25) is 0 Å². The third-order valence-corrected chi connectivity index (χ3v) is 3.86. The molecule has 1 aliphatic rings. The molecular weight excluding hydrogens is 290 g/mol. The van der Waals surface area contributed by atoms with Crippen LogP contribution < -0.4 is 5.32 Å². The highest BCUT2D eigenvalue weighted by Gasteiger charge is 2.22. The van der Waals surface area contributed by atoms with E-state index in [0.29, 0.717) is 5.92 Å². The van der Waals surface area contributed by atoms with Gasteiger partial charge in [0.15, 0.2) is 0 Å². The summed E-state index contributed by atoms with van der Waals surface area (Å²) in [6, 6.07) is 9.41. The van der Waals surface area contributed by atoms with Crippen LogP contribution in [0.1, 0.15) is 37.7 Å². The molecule has 100 valence electrons. The van der Waals surface area contributed by atoms with Crippen molar-refractivity contribution in [1.82, 2.24) is 5.32 Å². The normalized spacial score (nSPS) is 16.8. The zero-order chi connectivity index (χ0) is 12.8. The Bertz CT molecular complexity index is 365. The zero-order valence-electron chi connectivity index (χ0n) is 11.0.